The number of nitrogens with one attached hydrogen (secondary N) is 3. The van der Waals surface area contributed by atoms with Gasteiger partial charge in [-0.05, 0) is 55.9 Å². The van der Waals surface area contributed by atoms with Crippen LogP contribution >= 0.6 is 0 Å². The third-order valence-electron chi connectivity index (χ3n) is 5.93. The van der Waals surface area contributed by atoms with Crippen LogP contribution in [0.5, 0.6) is 0 Å². The van der Waals surface area contributed by atoms with Crippen LogP contribution in [0.2, 0.25) is 0 Å². The van der Waals surface area contributed by atoms with E-state index in [4.69, 9.17) is 14.4 Å². The highest BCUT2D eigenvalue weighted by Crippen LogP contribution is 2.28. The van der Waals surface area contributed by atoms with Crippen LogP contribution in [0.4, 0.5) is 11.8 Å². The Kier molecular flexibility index (Phi) is 7.07. The molecular weight excluding hydrogens is 420 g/mol. The number of aromatic nitrogens is 2. The Bertz CT molecular complexity index is 1090. The van der Waals surface area contributed by atoms with Crippen molar-refractivity contribution in [2.75, 3.05) is 37.4 Å². The molecule has 1 aromatic carbocycles. The highest BCUT2D eigenvalue weighted by molar-refractivity contribution is 5.94. The van der Waals surface area contributed by atoms with Crippen molar-refractivity contribution in [3.63, 3.8) is 0 Å². The van der Waals surface area contributed by atoms with Gasteiger partial charge in [0.05, 0.1) is 18.3 Å². The first-order chi connectivity index (χ1) is 16.0. The van der Waals surface area contributed by atoms with Gasteiger partial charge in [0.25, 0.3) is 5.91 Å². The number of para-hydroxylation sites is 1. The quantitative estimate of drug-likeness (QED) is 0.484. The maximum atomic E-state index is 12.1. The number of rotatable bonds is 8. The number of hydrogen-bond donors (Lipinski definition) is 3. The zero-order valence-electron chi connectivity index (χ0n) is 19.0. The highest BCUT2D eigenvalue weighted by atomic mass is 16.3. The van der Waals surface area contributed by atoms with Crippen molar-refractivity contribution in [1.29, 1.82) is 0 Å². The highest BCUT2D eigenvalue weighted by Gasteiger charge is 2.23. The predicted molar refractivity (Wildman–Crippen MR) is 127 cm³/mol. The lowest BCUT2D eigenvalue weighted by atomic mass is 9.86. The fraction of sp³-hybridized carbons (Fsp3) is 0.417. The Morgan fingerprint density at radius 1 is 1.03 bits per heavy atom. The molecule has 0 aliphatic heterocycles. The lowest BCUT2D eigenvalue weighted by molar-refractivity contribution is -0.120. The number of amides is 2. The molecule has 3 N–H and O–H groups in total. The van der Waals surface area contributed by atoms with Gasteiger partial charge in [-0.25, -0.2) is 4.98 Å². The minimum atomic E-state index is -0.393. The fourth-order valence-corrected chi connectivity index (χ4v) is 4.13. The van der Waals surface area contributed by atoms with Crippen LogP contribution in [0.3, 0.4) is 0 Å². The SMILES string of the molecule is CN(C)c1nc(N[C@H]2CC[C@@H](CNC(=O)CNC(=O)c3ccco3)CC2)nc2ccccc12. The number of fused-ring (bicyclic) bond motifs is 1. The zero-order chi connectivity index (χ0) is 23.2. The molecule has 9 heteroatoms. The van der Waals surface area contributed by atoms with Gasteiger partial charge in [0.1, 0.15) is 5.82 Å². The lowest BCUT2D eigenvalue weighted by Crippen LogP contribution is -2.40. The normalized spacial score (nSPS) is 18.0. The zero-order valence-corrected chi connectivity index (χ0v) is 19.0. The number of anilines is 2. The number of carbonyl (C=O) groups excluding carboxylic acids is 2. The Hall–Kier alpha value is -3.62. The summed E-state index contributed by atoms with van der Waals surface area (Å²) in [4.78, 5) is 35.3. The third kappa shape index (κ3) is 5.79. The van der Waals surface area contributed by atoms with Crippen LogP contribution in [0, 0.1) is 5.92 Å². The first-order valence-electron chi connectivity index (χ1n) is 11.3. The summed E-state index contributed by atoms with van der Waals surface area (Å²) in [5.74, 6) is 1.58. The summed E-state index contributed by atoms with van der Waals surface area (Å²) in [5, 5.41) is 10.0. The molecule has 3 aromatic rings. The van der Waals surface area contributed by atoms with E-state index >= 15 is 0 Å². The number of furan rings is 1. The Labute approximate surface area is 193 Å². The third-order valence-corrected chi connectivity index (χ3v) is 5.93. The summed E-state index contributed by atoms with van der Waals surface area (Å²) in [5.41, 5.74) is 0.925. The van der Waals surface area contributed by atoms with E-state index in [2.05, 4.69) is 16.0 Å². The van der Waals surface area contributed by atoms with Crippen LogP contribution in [-0.2, 0) is 4.79 Å². The largest absolute Gasteiger partial charge is 0.459 e. The summed E-state index contributed by atoms with van der Waals surface area (Å²) >= 11 is 0. The molecule has 0 unspecified atom stereocenters. The van der Waals surface area contributed by atoms with E-state index < -0.39 is 5.91 Å². The fourth-order valence-electron chi connectivity index (χ4n) is 4.13. The standard InChI is InChI=1S/C24H30N6O3/c1-30(2)22-18-6-3-4-7-19(18)28-24(29-22)27-17-11-9-16(10-12-17)14-25-21(31)15-26-23(32)20-8-5-13-33-20/h3-8,13,16-17H,9-12,14-15H2,1-2H3,(H,25,31)(H,26,32)(H,27,28,29)/t16-,17+. The average Bonchev–Trinajstić information content (AvgIpc) is 3.37. The molecule has 1 fully saturated rings. The minimum Gasteiger partial charge on any atom is -0.459 e. The summed E-state index contributed by atoms with van der Waals surface area (Å²) in [7, 11) is 3.97. The molecule has 1 saturated carbocycles. The summed E-state index contributed by atoms with van der Waals surface area (Å²) in [6, 6.07) is 11.5. The number of nitrogens with zero attached hydrogens (tertiary/aromatic N) is 3. The summed E-state index contributed by atoms with van der Waals surface area (Å²) in [6.07, 6.45) is 5.41. The minimum absolute atomic E-state index is 0.0655. The molecule has 9 nitrogen and oxygen atoms in total. The number of carbonyl (C=O) groups is 2. The van der Waals surface area contributed by atoms with E-state index in [1.165, 1.54) is 6.26 Å². The second-order valence-electron chi connectivity index (χ2n) is 8.61. The molecule has 2 heterocycles. The molecule has 0 saturated heterocycles. The van der Waals surface area contributed by atoms with Crippen molar-refractivity contribution >= 4 is 34.5 Å². The molecule has 2 aromatic heterocycles. The molecule has 33 heavy (non-hydrogen) atoms. The van der Waals surface area contributed by atoms with E-state index in [0.717, 1.165) is 42.4 Å². The number of hydrogen-bond acceptors (Lipinski definition) is 7. The van der Waals surface area contributed by atoms with Crippen LogP contribution < -0.4 is 20.9 Å². The molecule has 0 bridgehead atoms. The van der Waals surface area contributed by atoms with E-state index in [9.17, 15) is 9.59 Å². The first-order valence-corrected chi connectivity index (χ1v) is 11.3. The Balaban J connectivity index is 1.22. The van der Waals surface area contributed by atoms with E-state index in [1.54, 1.807) is 12.1 Å². The van der Waals surface area contributed by atoms with E-state index in [1.807, 2.05) is 43.3 Å². The average molecular weight is 451 g/mol. The smallest absolute Gasteiger partial charge is 0.287 e. The van der Waals surface area contributed by atoms with Gasteiger partial charge in [0.15, 0.2) is 5.76 Å². The van der Waals surface area contributed by atoms with Gasteiger partial charge in [-0.3, -0.25) is 9.59 Å². The van der Waals surface area contributed by atoms with Gasteiger partial charge in [-0.15, -0.1) is 0 Å². The molecule has 4 rings (SSSR count). The van der Waals surface area contributed by atoms with Crippen molar-refractivity contribution in [3.8, 4) is 0 Å². The maximum Gasteiger partial charge on any atom is 0.287 e. The second kappa shape index (κ2) is 10.3. The van der Waals surface area contributed by atoms with Crippen molar-refractivity contribution in [2.45, 2.75) is 31.7 Å². The van der Waals surface area contributed by atoms with Crippen LogP contribution in [-0.4, -0.2) is 55.0 Å². The monoisotopic (exact) mass is 450 g/mol. The summed E-state index contributed by atoms with van der Waals surface area (Å²) in [6.45, 7) is 0.545. The Morgan fingerprint density at radius 2 is 1.82 bits per heavy atom. The first kappa shape index (κ1) is 22.6. The van der Waals surface area contributed by atoms with Gasteiger partial charge in [0, 0.05) is 32.1 Å². The predicted octanol–water partition coefficient (Wildman–Crippen LogP) is 2.81. The van der Waals surface area contributed by atoms with Crippen molar-refractivity contribution < 1.29 is 14.0 Å². The van der Waals surface area contributed by atoms with Crippen LogP contribution in [0.1, 0.15) is 36.2 Å². The second-order valence-corrected chi connectivity index (χ2v) is 8.61. The molecule has 174 valence electrons. The van der Waals surface area contributed by atoms with Crippen molar-refractivity contribution in [3.05, 3.63) is 48.4 Å². The topological polar surface area (TPSA) is 112 Å². The summed E-state index contributed by atoms with van der Waals surface area (Å²) < 4.78 is 5.01. The van der Waals surface area contributed by atoms with Crippen LogP contribution in [0.15, 0.2) is 47.1 Å². The molecule has 0 atom stereocenters. The van der Waals surface area contributed by atoms with Crippen molar-refractivity contribution in [2.24, 2.45) is 5.92 Å². The molecular formula is C24H30N6O3. The molecule has 1 aliphatic rings. The Morgan fingerprint density at radius 3 is 2.55 bits per heavy atom. The molecule has 2 amide bonds. The van der Waals surface area contributed by atoms with E-state index in [-0.39, 0.29) is 18.2 Å². The molecule has 0 radical (unpaired) electrons. The maximum absolute atomic E-state index is 12.1. The van der Waals surface area contributed by atoms with Gasteiger partial charge in [-0.1, -0.05) is 12.1 Å². The van der Waals surface area contributed by atoms with Gasteiger partial charge in [-0.2, -0.15) is 4.98 Å². The van der Waals surface area contributed by atoms with Gasteiger partial charge in [0.2, 0.25) is 11.9 Å². The molecule has 1 aliphatic carbocycles. The van der Waals surface area contributed by atoms with Gasteiger partial charge >= 0.3 is 0 Å². The van der Waals surface area contributed by atoms with Gasteiger partial charge < -0.3 is 25.3 Å². The van der Waals surface area contributed by atoms with E-state index in [0.29, 0.717) is 24.5 Å². The number of benzene rings is 1. The van der Waals surface area contributed by atoms with Crippen LogP contribution in [0.25, 0.3) is 10.9 Å². The molecule has 0 spiro atoms. The van der Waals surface area contributed by atoms with Crippen molar-refractivity contribution in [1.82, 2.24) is 20.6 Å². The lowest BCUT2D eigenvalue weighted by Gasteiger charge is -2.29.